The van der Waals surface area contributed by atoms with E-state index in [-0.39, 0.29) is 11.9 Å². The summed E-state index contributed by atoms with van der Waals surface area (Å²) in [6, 6.07) is 12.8. The van der Waals surface area contributed by atoms with Crippen molar-refractivity contribution in [1.82, 2.24) is 0 Å². The zero-order valence-corrected chi connectivity index (χ0v) is 15.4. The van der Waals surface area contributed by atoms with Crippen LogP contribution in [0.2, 0.25) is 0 Å². The number of nitrogens with two attached hydrogens (primary N) is 3. The van der Waals surface area contributed by atoms with Gasteiger partial charge in [0.2, 0.25) is 0 Å². The SMILES string of the molecule is CC.COC(=O)c1ccc(C=Cc2ccc(N=C(N)N)c(CN)c2)cc1. The Labute approximate surface area is 154 Å². The predicted octanol–water partition coefficient (Wildman–Crippen LogP) is 3.03. The average Bonchev–Trinajstić information content (AvgIpc) is 2.68. The number of rotatable bonds is 5. The number of hydrogen-bond acceptors (Lipinski definition) is 4. The highest BCUT2D eigenvalue weighted by molar-refractivity contribution is 5.89. The number of hydrogen-bond donors (Lipinski definition) is 3. The Balaban J connectivity index is 0.00000163. The van der Waals surface area contributed by atoms with Gasteiger partial charge in [-0.05, 0) is 41.0 Å². The second kappa shape index (κ2) is 10.7. The molecule has 0 aliphatic rings. The molecule has 2 aromatic carbocycles. The highest BCUT2D eigenvalue weighted by Gasteiger charge is 2.04. The molecule has 6 nitrogen and oxygen atoms in total. The molecule has 26 heavy (non-hydrogen) atoms. The normalized spacial score (nSPS) is 10.0. The summed E-state index contributed by atoms with van der Waals surface area (Å²) in [6.07, 6.45) is 3.89. The van der Waals surface area contributed by atoms with Gasteiger partial charge >= 0.3 is 5.97 Å². The lowest BCUT2D eigenvalue weighted by molar-refractivity contribution is 0.0600. The van der Waals surface area contributed by atoms with Crippen molar-refractivity contribution in [2.75, 3.05) is 7.11 Å². The van der Waals surface area contributed by atoms with Crippen LogP contribution < -0.4 is 17.2 Å². The van der Waals surface area contributed by atoms with Crippen LogP contribution in [0.3, 0.4) is 0 Å². The second-order valence-corrected chi connectivity index (χ2v) is 5.08. The molecule has 6 N–H and O–H groups in total. The van der Waals surface area contributed by atoms with Gasteiger partial charge in [-0.3, -0.25) is 0 Å². The molecule has 0 bridgehead atoms. The summed E-state index contributed by atoms with van der Waals surface area (Å²) in [7, 11) is 1.36. The van der Waals surface area contributed by atoms with Crippen LogP contribution in [0.1, 0.15) is 40.9 Å². The molecule has 0 unspecified atom stereocenters. The minimum absolute atomic E-state index is 0.00121. The Morgan fingerprint density at radius 1 is 1.04 bits per heavy atom. The van der Waals surface area contributed by atoms with Gasteiger partial charge in [0.05, 0.1) is 18.4 Å². The first kappa shape index (κ1) is 20.9. The summed E-state index contributed by atoms with van der Waals surface area (Å²) in [4.78, 5) is 15.5. The lowest BCUT2D eigenvalue weighted by Gasteiger charge is -2.05. The highest BCUT2D eigenvalue weighted by atomic mass is 16.5. The zero-order valence-electron chi connectivity index (χ0n) is 15.4. The molecule has 0 amide bonds. The molecule has 0 aromatic heterocycles. The van der Waals surface area contributed by atoms with Gasteiger partial charge < -0.3 is 21.9 Å². The summed E-state index contributed by atoms with van der Waals surface area (Å²) in [5, 5.41) is 0. The summed E-state index contributed by atoms with van der Waals surface area (Å²) in [6.45, 7) is 4.33. The van der Waals surface area contributed by atoms with Crippen molar-refractivity contribution in [3.05, 3.63) is 64.7 Å². The molecular formula is C20H26N4O2. The smallest absolute Gasteiger partial charge is 0.337 e. The van der Waals surface area contributed by atoms with Gasteiger partial charge in [0.15, 0.2) is 5.96 Å². The molecule has 0 saturated carbocycles. The minimum Gasteiger partial charge on any atom is -0.465 e. The Kier molecular flexibility index (Phi) is 8.60. The van der Waals surface area contributed by atoms with Gasteiger partial charge in [-0.25, -0.2) is 9.79 Å². The maximum Gasteiger partial charge on any atom is 0.337 e. The van der Waals surface area contributed by atoms with E-state index in [4.69, 9.17) is 17.2 Å². The summed E-state index contributed by atoms with van der Waals surface area (Å²) in [5.74, 6) is -0.355. The topological polar surface area (TPSA) is 117 Å². The van der Waals surface area contributed by atoms with E-state index >= 15 is 0 Å². The molecule has 0 aliphatic heterocycles. The fourth-order valence-corrected chi connectivity index (χ4v) is 2.16. The van der Waals surface area contributed by atoms with Crippen molar-refractivity contribution in [3.63, 3.8) is 0 Å². The lowest BCUT2D eigenvalue weighted by Crippen LogP contribution is -2.22. The first-order chi connectivity index (χ1) is 12.5. The van der Waals surface area contributed by atoms with E-state index in [1.54, 1.807) is 12.1 Å². The highest BCUT2D eigenvalue weighted by Crippen LogP contribution is 2.21. The maximum absolute atomic E-state index is 11.4. The molecule has 138 valence electrons. The van der Waals surface area contributed by atoms with Crippen molar-refractivity contribution in [3.8, 4) is 0 Å². The third-order valence-electron chi connectivity index (χ3n) is 3.37. The van der Waals surface area contributed by atoms with Crippen LogP contribution in [0.4, 0.5) is 5.69 Å². The van der Waals surface area contributed by atoms with Crippen molar-refractivity contribution < 1.29 is 9.53 Å². The summed E-state index contributed by atoms with van der Waals surface area (Å²) < 4.78 is 4.67. The van der Waals surface area contributed by atoms with E-state index in [1.807, 2.05) is 56.3 Å². The van der Waals surface area contributed by atoms with E-state index in [2.05, 4.69) is 9.73 Å². The maximum atomic E-state index is 11.4. The van der Waals surface area contributed by atoms with Gasteiger partial charge in [-0.15, -0.1) is 0 Å². The van der Waals surface area contributed by atoms with Crippen molar-refractivity contribution in [1.29, 1.82) is 0 Å². The number of methoxy groups -OCH3 is 1. The lowest BCUT2D eigenvalue weighted by atomic mass is 10.1. The summed E-state index contributed by atoms with van der Waals surface area (Å²) >= 11 is 0. The number of esters is 1. The fraction of sp³-hybridized carbons (Fsp3) is 0.200. The Morgan fingerprint density at radius 3 is 2.15 bits per heavy atom. The Morgan fingerprint density at radius 2 is 1.62 bits per heavy atom. The predicted molar refractivity (Wildman–Crippen MR) is 108 cm³/mol. The number of benzene rings is 2. The number of guanidine groups is 1. The quantitative estimate of drug-likeness (QED) is 0.330. The first-order valence-corrected chi connectivity index (χ1v) is 8.32. The van der Waals surface area contributed by atoms with E-state index in [0.717, 1.165) is 16.7 Å². The minimum atomic E-state index is -0.353. The van der Waals surface area contributed by atoms with Crippen molar-refractivity contribution >= 4 is 29.8 Å². The van der Waals surface area contributed by atoms with Crippen LogP contribution >= 0.6 is 0 Å². The van der Waals surface area contributed by atoms with E-state index in [0.29, 0.717) is 17.8 Å². The molecule has 0 saturated heterocycles. The number of carbonyl (C=O) groups is 1. The second-order valence-electron chi connectivity index (χ2n) is 5.08. The molecule has 6 heteroatoms. The Hall–Kier alpha value is -3.12. The third-order valence-corrected chi connectivity index (χ3v) is 3.37. The van der Waals surface area contributed by atoms with Crippen molar-refractivity contribution in [2.45, 2.75) is 20.4 Å². The molecular weight excluding hydrogens is 328 g/mol. The largest absolute Gasteiger partial charge is 0.465 e. The number of ether oxygens (including phenoxy) is 1. The molecule has 2 aromatic rings. The average molecular weight is 354 g/mol. The molecule has 0 atom stereocenters. The van der Waals surface area contributed by atoms with Crippen LogP contribution in [0.25, 0.3) is 12.2 Å². The number of carbonyl (C=O) groups excluding carboxylic acids is 1. The molecule has 0 fully saturated rings. The van der Waals surface area contributed by atoms with Crippen LogP contribution in [0.15, 0.2) is 47.5 Å². The summed E-state index contributed by atoms with van der Waals surface area (Å²) in [5.41, 5.74) is 20.5. The van der Waals surface area contributed by atoms with Gasteiger partial charge in [-0.2, -0.15) is 0 Å². The standard InChI is InChI=1S/C18H20N4O2.C2H6/c1-24-17(23)14-7-4-12(5-8-14)2-3-13-6-9-16(22-18(20)21)15(10-13)11-19;1-2/h2-10H,11,19H2,1H3,(H4,20,21,22);1-2H3. The van der Waals surface area contributed by atoms with Crippen molar-refractivity contribution in [2.24, 2.45) is 22.2 Å². The van der Waals surface area contributed by atoms with Gasteiger partial charge in [0, 0.05) is 6.54 Å². The van der Waals surface area contributed by atoms with Crippen LogP contribution in [0.5, 0.6) is 0 Å². The van der Waals surface area contributed by atoms with Crippen LogP contribution in [0, 0.1) is 0 Å². The van der Waals surface area contributed by atoms with Crippen LogP contribution in [-0.4, -0.2) is 19.0 Å². The molecule has 0 heterocycles. The van der Waals surface area contributed by atoms with Gasteiger partial charge in [0.25, 0.3) is 0 Å². The zero-order chi connectivity index (χ0) is 19.5. The Bertz CT molecular complexity index is 777. The van der Waals surface area contributed by atoms with E-state index < -0.39 is 0 Å². The monoisotopic (exact) mass is 354 g/mol. The fourth-order valence-electron chi connectivity index (χ4n) is 2.16. The van der Waals surface area contributed by atoms with Gasteiger partial charge in [-0.1, -0.05) is 44.2 Å². The molecule has 2 rings (SSSR count). The molecule has 0 radical (unpaired) electrons. The van der Waals surface area contributed by atoms with E-state index in [1.165, 1.54) is 7.11 Å². The van der Waals surface area contributed by atoms with Gasteiger partial charge in [0.1, 0.15) is 0 Å². The number of aliphatic imine (C=N–C) groups is 1. The molecule has 0 aliphatic carbocycles. The molecule has 0 spiro atoms. The van der Waals surface area contributed by atoms with E-state index in [9.17, 15) is 4.79 Å². The number of nitrogens with zero attached hydrogens (tertiary/aromatic N) is 1. The van der Waals surface area contributed by atoms with Crippen LogP contribution in [-0.2, 0) is 11.3 Å². The first-order valence-electron chi connectivity index (χ1n) is 8.32. The third kappa shape index (κ3) is 6.07.